The van der Waals surface area contributed by atoms with Gasteiger partial charge in [-0.1, -0.05) is 6.92 Å². The van der Waals surface area contributed by atoms with Crippen molar-refractivity contribution in [1.82, 2.24) is 0 Å². The van der Waals surface area contributed by atoms with Gasteiger partial charge in [0, 0.05) is 6.61 Å². The van der Waals surface area contributed by atoms with Gasteiger partial charge < -0.3 is 5.11 Å². The van der Waals surface area contributed by atoms with Gasteiger partial charge in [0.25, 0.3) is 0 Å². The second-order valence-corrected chi connectivity index (χ2v) is 3.62. The molecule has 0 saturated heterocycles. The highest BCUT2D eigenvalue weighted by Gasteiger charge is 2.18. The number of rotatable bonds is 6. The van der Waals surface area contributed by atoms with Crippen LogP contribution in [0, 0.1) is 0 Å². The van der Waals surface area contributed by atoms with Gasteiger partial charge in [-0.2, -0.15) is 0 Å². The Labute approximate surface area is 74.6 Å². The number of aliphatic hydroxyl groups is 1. The van der Waals surface area contributed by atoms with Crippen molar-refractivity contribution in [2.75, 3.05) is 6.61 Å². The molecule has 12 heavy (non-hydrogen) atoms. The average molecular weight is 176 g/mol. The van der Waals surface area contributed by atoms with E-state index in [1.807, 2.05) is 27.7 Å². The predicted octanol–water partition coefficient (Wildman–Crippen LogP) is 1.89. The molecular formula is C9H20O3. The zero-order valence-electron chi connectivity index (χ0n) is 8.46. The molecule has 0 saturated carbocycles. The maximum absolute atomic E-state index is 8.59. The molecule has 1 N–H and O–H groups in total. The van der Waals surface area contributed by atoms with Gasteiger partial charge in [-0.15, -0.1) is 0 Å². The molecule has 1 atom stereocenters. The molecule has 0 rings (SSSR count). The van der Waals surface area contributed by atoms with Gasteiger partial charge in [0.05, 0.1) is 11.7 Å². The van der Waals surface area contributed by atoms with Crippen molar-refractivity contribution in [2.24, 2.45) is 0 Å². The van der Waals surface area contributed by atoms with Crippen molar-refractivity contribution in [2.45, 2.75) is 52.2 Å². The Bertz CT molecular complexity index is 112. The fourth-order valence-corrected chi connectivity index (χ4v) is 0.501. The third-order valence-corrected chi connectivity index (χ3v) is 1.83. The molecule has 0 aliphatic carbocycles. The molecule has 0 aliphatic heterocycles. The predicted molar refractivity (Wildman–Crippen MR) is 47.7 cm³/mol. The van der Waals surface area contributed by atoms with Gasteiger partial charge in [-0.3, -0.25) is 0 Å². The fourth-order valence-electron chi connectivity index (χ4n) is 0.501. The molecule has 0 aromatic carbocycles. The van der Waals surface area contributed by atoms with Crippen molar-refractivity contribution in [3.63, 3.8) is 0 Å². The van der Waals surface area contributed by atoms with E-state index in [1.165, 1.54) is 0 Å². The van der Waals surface area contributed by atoms with Crippen molar-refractivity contribution < 1.29 is 14.9 Å². The molecule has 0 aromatic heterocycles. The van der Waals surface area contributed by atoms with Crippen LogP contribution in [0.15, 0.2) is 0 Å². The zero-order valence-corrected chi connectivity index (χ0v) is 8.46. The van der Waals surface area contributed by atoms with Crippen LogP contribution in [0.3, 0.4) is 0 Å². The largest absolute Gasteiger partial charge is 0.396 e. The lowest BCUT2D eigenvalue weighted by Crippen LogP contribution is -2.26. The summed E-state index contributed by atoms with van der Waals surface area (Å²) >= 11 is 0. The topological polar surface area (TPSA) is 38.7 Å². The molecule has 0 aromatic rings. The summed E-state index contributed by atoms with van der Waals surface area (Å²) in [7, 11) is 0. The molecule has 3 nitrogen and oxygen atoms in total. The van der Waals surface area contributed by atoms with Crippen molar-refractivity contribution in [3.8, 4) is 0 Å². The van der Waals surface area contributed by atoms with E-state index in [0.717, 1.165) is 6.42 Å². The second-order valence-electron chi connectivity index (χ2n) is 3.62. The van der Waals surface area contributed by atoms with Crippen LogP contribution in [-0.2, 0) is 9.78 Å². The van der Waals surface area contributed by atoms with Crippen LogP contribution < -0.4 is 0 Å². The highest BCUT2D eigenvalue weighted by molar-refractivity contribution is 4.62. The van der Waals surface area contributed by atoms with Gasteiger partial charge in [-0.05, 0) is 33.6 Å². The first kappa shape index (κ1) is 11.9. The maximum atomic E-state index is 8.59. The van der Waals surface area contributed by atoms with Gasteiger partial charge in [0.2, 0.25) is 0 Å². The van der Waals surface area contributed by atoms with Crippen LogP contribution in [0.4, 0.5) is 0 Å². The first-order chi connectivity index (χ1) is 5.52. The molecule has 0 radical (unpaired) electrons. The summed E-state index contributed by atoms with van der Waals surface area (Å²) in [6.45, 7) is 8.00. The minimum atomic E-state index is -0.232. The lowest BCUT2D eigenvalue weighted by atomic mass is 10.1. The van der Waals surface area contributed by atoms with Crippen molar-refractivity contribution >= 4 is 0 Å². The minimum Gasteiger partial charge on any atom is -0.396 e. The fraction of sp³-hybridized carbons (Fsp3) is 1.00. The summed E-state index contributed by atoms with van der Waals surface area (Å²) in [4.78, 5) is 10.3. The maximum Gasteiger partial charge on any atom is 0.0977 e. The lowest BCUT2D eigenvalue weighted by Gasteiger charge is -2.23. The third-order valence-electron chi connectivity index (χ3n) is 1.83. The molecule has 3 heteroatoms. The molecule has 74 valence electrons. The van der Waals surface area contributed by atoms with Gasteiger partial charge in [0.15, 0.2) is 0 Å². The van der Waals surface area contributed by atoms with E-state index in [9.17, 15) is 0 Å². The Morgan fingerprint density at radius 3 is 2.42 bits per heavy atom. The number of hydrogen-bond acceptors (Lipinski definition) is 3. The zero-order chi connectivity index (χ0) is 9.61. The molecule has 0 bridgehead atoms. The van der Waals surface area contributed by atoms with E-state index in [4.69, 9.17) is 14.9 Å². The van der Waals surface area contributed by atoms with Crippen LogP contribution in [0.2, 0.25) is 0 Å². The summed E-state index contributed by atoms with van der Waals surface area (Å²) in [5.74, 6) is 0. The Balaban J connectivity index is 3.52. The highest BCUT2D eigenvalue weighted by atomic mass is 17.2. The van der Waals surface area contributed by atoms with E-state index in [0.29, 0.717) is 6.42 Å². The molecule has 0 fully saturated rings. The monoisotopic (exact) mass is 176 g/mol. The van der Waals surface area contributed by atoms with E-state index in [1.54, 1.807) is 0 Å². The van der Waals surface area contributed by atoms with E-state index < -0.39 is 0 Å². The second kappa shape index (κ2) is 5.51. The summed E-state index contributed by atoms with van der Waals surface area (Å²) in [6, 6.07) is 0. The molecule has 0 amide bonds. The summed E-state index contributed by atoms with van der Waals surface area (Å²) in [5, 5.41) is 8.59. The van der Waals surface area contributed by atoms with Crippen LogP contribution in [-0.4, -0.2) is 23.4 Å². The Morgan fingerprint density at radius 1 is 1.42 bits per heavy atom. The molecule has 1 unspecified atom stereocenters. The first-order valence-corrected chi connectivity index (χ1v) is 4.47. The SMILES string of the molecule is CCC(C)(C)OOC(C)CCO. The van der Waals surface area contributed by atoms with Crippen LogP contribution in [0.25, 0.3) is 0 Å². The van der Waals surface area contributed by atoms with E-state index in [-0.39, 0.29) is 18.3 Å². The highest BCUT2D eigenvalue weighted by Crippen LogP contribution is 2.15. The van der Waals surface area contributed by atoms with Gasteiger partial charge >= 0.3 is 0 Å². The number of hydrogen-bond donors (Lipinski definition) is 1. The number of aliphatic hydroxyl groups excluding tert-OH is 1. The summed E-state index contributed by atoms with van der Waals surface area (Å²) in [6.07, 6.45) is 1.47. The summed E-state index contributed by atoms with van der Waals surface area (Å²) < 4.78 is 0. The first-order valence-electron chi connectivity index (χ1n) is 4.47. The molecule has 0 aliphatic rings. The molecule has 0 heterocycles. The molecule has 0 spiro atoms. The summed E-state index contributed by atoms with van der Waals surface area (Å²) in [5.41, 5.74) is -0.232. The molecular weight excluding hydrogens is 156 g/mol. The smallest absolute Gasteiger partial charge is 0.0977 e. The Kier molecular flexibility index (Phi) is 5.46. The van der Waals surface area contributed by atoms with Crippen LogP contribution >= 0.6 is 0 Å². The third kappa shape index (κ3) is 5.52. The average Bonchev–Trinajstić information content (AvgIpc) is 2.02. The van der Waals surface area contributed by atoms with Crippen molar-refractivity contribution in [3.05, 3.63) is 0 Å². The van der Waals surface area contributed by atoms with Crippen molar-refractivity contribution in [1.29, 1.82) is 0 Å². The Morgan fingerprint density at radius 2 is 2.00 bits per heavy atom. The van der Waals surface area contributed by atoms with E-state index >= 15 is 0 Å². The van der Waals surface area contributed by atoms with Crippen LogP contribution in [0.5, 0.6) is 0 Å². The van der Waals surface area contributed by atoms with E-state index in [2.05, 4.69) is 0 Å². The Hall–Kier alpha value is -0.120. The van der Waals surface area contributed by atoms with Gasteiger partial charge in [-0.25, -0.2) is 9.78 Å². The normalized spacial score (nSPS) is 14.8. The lowest BCUT2D eigenvalue weighted by molar-refractivity contribution is -0.375. The van der Waals surface area contributed by atoms with Gasteiger partial charge in [0.1, 0.15) is 0 Å². The standard InChI is InChI=1S/C9H20O3/c1-5-9(3,4)12-11-8(2)6-7-10/h8,10H,5-7H2,1-4H3. The minimum absolute atomic E-state index is 0.0409. The quantitative estimate of drug-likeness (QED) is 0.496. The van der Waals surface area contributed by atoms with Crippen LogP contribution in [0.1, 0.15) is 40.5 Å².